The molecule has 1 rings (SSSR count). The highest BCUT2D eigenvalue weighted by Crippen LogP contribution is 2.30. The quantitative estimate of drug-likeness (QED) is 0.593. The molecule has 0 heterocycles. The molecule has 0 aliphatic heterocycles. The molecule has 1 aliphatic rings. The average Bonchev–Trinajstić information content (AvgIpc) is 2.30. The molecule has 0 radical (unpaired) electrons. The van der Waals surface area contributed by atoms with Crippen molar-refractivity contribution in [3.63, 3.8) is 0 Å². The molecule has 0 aromatic carbocycles. The molecule has 0 spiro atoms. The molecule has 0 aromatic rings. The van der Waals surface area contributed by atoms with Crippen molar-refractivity contribution in [3.8, 4) is 0 Å². The zero-order chi connectivity index (χ0) is 12.8. The van der Waals surface area contributed by atoms with Gasteiger partial charge in [0.1, 0.15) is 0 Å². The van der Waals surface area contributed by atoms with Gasteiger partial charge in [0.25, 0.3) is 0 Å². The Morgan fingerprint density at radius 2 is 2.18 bits per heavy atom. The third-order valence-corrected chi connectivity index (χ3v) is 3.44. The number of hydrogen-bond donors (Lipinski definition) is 1. The van der Waals surface area contributed by atoms with Crippen molar-refractivity contribution < 1.29 is 14.6 Å². The SMILES string of the molecule is CCOC(=O)C(C(C)C)C(O)C1CC=CCC1. The summed E-state index contributed by atoms with van der Waals surface area (Å²) in [5.74, 6) is -0.359. The van der Waals surface area contributed by atoms with Gasteiger partial charge in [0.05, 0.1) is 18.6 Å². The lowest BCUT2D eigenvalue weighted by Gasteiger charge is -2.31. The van der Waals surface area contributed by atoms with E-state index in [1.807, 2.05) is 13.8 Å². The van der Waals surface area contributed by atoms with Crippen LogP contribution in [0, 0.1) is 17.8 Å². The monoisotopic (exact) mass is 240 g/mol. The molecule has 0 fully saturated rings. The maximum absolute atomic E-state index is 11.9. The average molecular weight is 240 g/mol. The first-order chi connectivity index (χ1) is 8.07. The van der Waals surface area contributed by atoms with Crippen LogP contribution in [-0.4, -0.2) is 23.8 Å². The lowest BCUT2D eigenvalue weighted by atomic mass is 9.78. The fourth-order valence-corrected chi connectivity index (χ4v) is 2.46. The van der Waals surface area contributed by atoms with Gasteiger partial charge in [-0.1, -0.05) is 26.0 Å². The Hall–Kier alpha value is -0.830. The summed E-state index contributed by atoms with van der Waals surface area (Å²) in [4.78, 5) is 11.9. The number of carbonyl (C=O) groups is 1. The minimum absolute atomic E-state index is 0.106. The highest BCUT2D eigenvalue weighted by molar-refractivity contribution is 5.73. The van der Waals surface area contributed by atoms with Crippen molar-refractivity contribution >= 4 is 5.97 Å². The van der Waals surface area contributed by atoms with E-state index in [-0.39, 0.29) is 17.8 Å². The van der Waals surface area contributed by atoms with E-state index in [2.05, 4.69) is 12.2 Å². The predicted octanol–water partition coefficient (Wildman–Crippen LogP) is 2.54. The summed E-state index contributed by atoms with van der Waals surface area (Å²) in [6.45, 7) is 6.09. The maximum atomic E-state index is 11.9. The fraction of sp³-hybridized carbons (Fsp3) is 0.786. The Balaban J connectivity index is 2.68. The number of carbonyl (C=O) groups excluding carboxylic acids is 1. The number of rotatable bonds is 5. The minimum atomic E-state index is -0.584. The van der Waals surface area contributed by atoms with Crippen LogP contribution in [0.5, 0.6) is 0 Å². The molecule has 98 valence electrons. The van der Waals surface area contributed by atoms with Crippen LogP contribution < -0.4 is 0 Å². The van der Waals surface area contributed by atoms with Crippen molar-refractivity contribution in [2.75, 3.05) is 6.61 Å². The zero-order valence-corrected chi connectivity index (χ0v) is 11.1. The standard InChI is InChI=1S/C14H24O3/c1-4-17-14(16)12(10(2)3)13(15)11-8-6-5-7-9-11/h5-6,10-13,15H,4,7-9H2,1-3H3. The Kier molecular flexibility index (Phi) is 5.69. The van der Waals surface area contributed by atoms with Gasteiger partial charge in [0.15, 0.2) is 0 Å². The van der Waals surface area contributed by atoms with E-state index in [9.17, 15) is 9.90 Å². The molecular weight excluding hydrogens is 216 g/mol. The van der Waals surface area contributed by atoms with Gasteiger partial charge < -0.3 is 9.84 Å². The first-order valence-corrected chi connectivity index (χ1v) is 6.57. The van der Waals surface area contributed by atoms with Gasteiger partial charge in [0.2, 0.25) is 0 Å². The number of hydrogen-bond acceptors (Lipinski definition) is 3. The Bertz CT molecular complexity index is 271. The van der Waals surface area contributed by atoms with Crippen molar-refractivity contribution in [3.05, 3.63) is 12.2 Å². The van der Waals surface area contributed by atoms with E-state index in [0.29, 0.717) is 6.61 Å². The molecular formula is C14H24O3. The molecule has 1 aliphatic carbocycles. The van der Waals surface area contributed by atoms with Gasteiger partial charge in [-0.3, -0.25) is 4.79 Å². The van der Waals surface area contributed by atoms with Crippen molar-refractivity contribution in [1.82, 2.24) is 0 Å². The molecule has 3 heteroatoms. The lowest BCUT2D eigenvalue weighted by molar-refractivity contribution is -0.156. The molecule has 0 bridgehead atoms. The van der Waals surface area contributed by atoms with Gasteiger partial charge in [-0.05, 0) is 38.0 Å². The van der Waals surface area contributed by atoms with Gasteiger partial charge in [-0.25, -0.2) is 0 Å². The summed E-state index contributed by atoms with van der Waals surface area (Å²) in [6, 6.07) is 0. The van der Waals surface area contributed by atoms with Gasteiger partial charge in [0, 0.05) is 0 Å². The molecule has 3 nitrogen and oxygen atoms in total. The van der Waals surface area contributed by atoms with Crippen LogP contribution in [-0.2, 0) is 9.53 Å². The predicted molar refractivity (Wildman–Crippen MR) is 67.4 cm³/mol. The van der Waals surface area contributed by atoms with E-state index in [1.165, 1.54) is 0 Å². The molecule has 17 heavy (non-hydrogen) atoms. The van der Waals surface area contributed by atoms with Crippen molar-refractivity contribution in [2.45, 2.75) is 46.1 Å². The third-order valence-electron chi connectivity index (χ3n) is 3.44. The van der Waals surface area contributed by atoms with Crippen LogP contribution in [0.2, 0.25) is 0 Å². The second-order valence-electron chi connectivity index (χ2n) is 5.06. The molecule has 0 aromatic heterocycles. The first kappa shape index (κ1) is 14.2. The molecule has 1 N–H and O–H groups in total. The summed E-state index contributed by atoms with van der Waals surface area (Å²) >= 11 is 0. The smallest absolute Gasteiger partial charge is 0.311 e. The van der Waals surface area contributed by atoms with Crippen molar-refractivity contribution in [1.29, 1.82) is 0 Å². The second-order valence-corrected chi connectivity index (χ2v) is 5.06. The lowest BCUT2D eigenvalue weighted by Crippen LogP contribution is -2.39. The topological polar surface area (TPSA) is 46.5 Å². The van der Waals surface area contributed by atoms with E-state index in [0.717, 1.165) is 19.3 Å². The molecule has 3 unspecified atom stereocenters. The van der Waals surface area contributed by atoms with Crippen LogP contribution in [0.25, 0.3) is 0 Å². The Morgan fingerprint density at radius 3 is 2.65 bits per heavy atom. The summed E-state index contributed by atoms with van der Waals surface area (Å²) in [5, 5.41) is 10.4. The van der Waals surface area contributed by atoms with E-state index in [4.69, 9.17) is 4.74 Å². The van der Waals surface area contributed by atoms with Crippen molar-refractivity contribution in [2.24, 2.45) is 17.8 Å². The Labute approximate surface area is 104 Å². The van der Waals surface area contributed by atoms with Crippen LogP contribution in [0.1, 0.15) is 40.0 Å². The summed E-state index contributed by atoms with van der Waals surface area (Å²) < 4.78 is 5.06. The number of aliphatic hydroxyl groups is 1. The zero-order valence-electron chi connectivity index (χ0n) is 11.1. The number of esters is 1. The number of aliphatic hydroxyl groups excluding tert-OH is 1. The molecule has 0 saturated carbocycles. The summed E-state index contributed by atoms with van der Waals surface area (Å²) in [6.07, 6.45) is 6.47. The molecule has 0 amide bonds. The van der Waals surface area contributed by atoms with Crippen LogP contribution in [0.3, 0.4) is 0 Å². The van der Waals surface area contributed by atoms with Gasteiger partial charge in [-0.15, -0.1) is 0 Å². The largest absolute Gasteiger partial charge is 0.466 e. The molecule has 3 atom stereocenters. The van der Waals surface area contributed by atoms with E-state index >= 15 is 0 Å². The van der Waals surface area contributed by atoms with Crippen LogP contribution >= 0.6 is 0 Å². The molecule has 0 saturated heterocycles. The van der Waals surface area contributed by atoms with E-state index < -0.39 is 12.0 Å². The number of ether oxygens (including phenoxy) is 1. The normalized spacial score (nSPS) is 23.5. The highest BCUT2D eigenvalue weighted by Gasteiger charge is 2.35. The fourth-order valence-electron chi connectivity index (χ4n) is 2.46. The highest BCUT2D eigenvalue weighted by atomic mass is 16.5. The summed E-state index contributed by atoms with van der Waals surface area (Å²) in [7, 11) is 0. The van der Waals surface area contributed by atoms with Crippen LogP contribution in [0.4, 0.5) is 0 Å². The summed E-state index contributed by atoms with van der Waals surface area (Å²) in [5.41, 5.74) is 0. The minimum Gasteiger partial charge on any atom is -0.466 e. The third kappa shape index (κ3) is 3.84. The first-order valence-electron chi connectivity index (χ1n) is 6.57. The Morgan fingerprint density at radius 1 is 1.47 bits per heavy atom. The second kappa shape index (κ2) is 6.80. The number of allylic oxidation sites excluding steroid dienone is 2. The maximum Gasteiger partial charge on any atom is 0.311 e. The van der Waals surface area contributed by atoms with Crippen LogP contribution in [0.15, 0.2) is 12.2 Å². The van der Waals surface area contributed by atoms with Gasteiger partial charge >= 0.3 is 5.97 Å². The van der Waals surface area contributed by atoms with Gasteiger partial charge in [-0.2, -0.15) is 0 Å². The van der Waals surface area contributed by atoms with E-state index in [1.54, 1.807) is 6.92 Å².